The zero-order valence-electron chi connectivity index (χ0n) is 13.0. The van der Waals surface area contributed by atoms with E-state index < -0.39 is 0 Å². The molecule has 0 unspecified atom stereocenters. The Hall–Kier alpha value is -1.79. The van der Waals surface area contributed by atoms with Gasteiger partial charge in [-0.3, -0.25) is 0 Å². The van der Waals surface area contributed by atoms with Crippen molar-refractivity contribution in [3.63, 3.8) is 0 Å². The normalized spacial score (nSPS) is 12.3. The van der Waals surface area contributed by atoms with Gasteiger partial charge in [0.15, 0.2) is 0 Å². The molecular weight excluding hydrogens is 301 g/mol. The van der Waals surface area contributed by atoms with Gasteiger partial charge in [0.05, 0.1) is 18.0 Å². The van der Waals surface area contributed by atoms with Crippen molar-refractivity contribution in [1.29, 1.82) is 0 Å². The summed E-state index contributed by atoms with van der Waals surface area (Å²) in [6.45, 7) is 7.82. The number of nitrogens with zero attached hydrogens (tertiary/aromatic N) is 3. The summed E-state index contributed by atoms with van der Waals surface area (Å²) >= 11 is 1.51. The van der Waals surface area contributed by atoms with E-state index in [0.717, 1.165) is 15.5 Å². The Morgan fingerprint density at radius 1 is 1.32 bits per heavy atom. The van der Waals surface area contributed by atoms with E-state index in [9.17, 15) is 9.50 Å². The van der Waals surface area contributed by atoms with Gasteiger partial charge in [0.1, 0.15) is 10.8 Å². The maximum Gasteiger partial charge on any atom is 0.213 e. The molecule has 6 heteroatoms. The summed E-state index contributed by atoms with van der Waals surface area (Å²) in [5, 5.41) is 15.3. The Balaban J connectivity index is 2.18. The second-order valence-corrected chi connectivity index (χ2v) is 7.34. The number of aliphatic hydroxyl groups is 1. The summed E-state index contributed by atoms with van der Waals surface area (Å²) in [6.07, 6.45) is 0. The lowest BCUT2D eigenvalue weighted by atomic mass is 9.98. The Morgan fingerprint density at radius 2 is 2.05 bits per heavy atom. The molecule has 0 amide bonds. The molecular formula is C16H18FN3OS. The van der Waals surface area contributed by atoms with Crippen molar-refractivity contribution in [3.8, 4) is 11.3 Å². The third-order valence-corrected chi connectivity index (χ3v) is 4.85. The summed E-state index contributed by atoms with van der Waals surface area (Å²) < 4.78 is 15.1. The molecule has 3 aromatic rings. The molecule has 0 aliphatic rings. The number of aromatic nitrogens is 3. The number of hydrogen-bond donors (Lipinski definition) is 1. The zero-order chi connectivity index (χ0) is 16.1. The molecule has 116 valence electrons. The third-order valence-electron chi connectivity index (χ3n) is 3.52. The molecule has 0 atom stereocenters. The lowest BCUT2D eigenvalue weighted by Gasteiger charge is -2.12. The quantitative estimate of drug-likeness (QED) is 0.783. The van der Waals surface area contributed by atoms with Crippen LogP contribution >= 0.6 is 11.3 Å². The third kappa shape index (κ3) is 2.42. The second-order valence-electron chi connectivity index (χ2n) is 6.38. The Labute approximate surface area is 132 Å². The van der Waals surface area contributed by atoms with Gasteiger partial charge in [-0.25, -0.2) is 13.9 Å². The molecule has 0 saturated heterocycles. The fourth-order valence-corrected chi connectivity index (χ4v) is 3.23. The predicted octanol–water partition coefficient (Wildman–Crippen LogP) is 3.70. The maximum atomic E-state index is 13.4. The molecule has 0 bridgehead atoms. The molecule has 2 heterocycles. The van der Waals surface area contributed by atoms with Crippen LogP contribution in [0.2, 0.25) is 0 Å². The van der Waals surface area contributed by atoms with Crippen molar-refractivity contribution in [3.05, 3.63) is 40.3 Å². The van der Waals surface area contributed by atoms with Gasteiger partial charge in [0.25, 0.3) is 0 Å². The first-order chi connectivity index (χ1) is 10.3. The minimum atomic E-state index is -0.247. The maximum absolute atomic E-state index is 13.4. The van der Waals surface area contributed by atoms with E-state index in [1.165, 1.54) is 17.4 Å². The number of fused-ring (bicyclic) bond motifs is 1. The van der Waals surface area contributed by atoms with Crippen LogP contribution in [-0.4, -0.2) is 19.7 Å². The van der Waals surface area contributed by atoms with Crippen LogP contribution in [0.15, 0.2) is 18.2 Å². The highest BCUT2D eigenvalue weighted by atomic mass is 32.1. The fraction of sp³-hybridized carbons (Fsp3) is 0.375. The molecule has 0 aliphatic heterocycles. The molecule has 22 heavy (non-hydrogen) atoms. The first-order valence-electron chi connectivity index (χ1n) is 7.07. The SMILES string of the molecule is Cc1cc(-c2nc3sc(C(C)(C)C)nn3c2CO)ccc1F. The fourth-order valence-electron chi connectivity index (χ4n) is 2.26. The Bertz CT molecular complexity index is 845. The van der Waals surface area contributed by atoms with Gasteiger partial charge < -0.3 is 5.11 Å². The molecule has 0 fully saturated rings. The lowest BCUT2D eigenvalue weighted by Crippen LogP contribution is -2.11. The Kier molecular flexibility index (Phi) is 3.53. The van der Waals surface area contributed by atoms with Crippen molar-refractivity contribution in [2.24, 2.45) is 0 Å². The van der Waals surface area contributed by atoms with E-state index in [1.807, 2.05) is 0 Å². The van der Waals surface area contributed by atoms with Crippen LogP contribution in [0.3, 0.4) is 0 Å². The summed E-state index contributed by atoms with van der Waals surface area (Å²) in [5.41, 5.74) is 2.57. The second kappa shape index (κ2) is 5.14. The Morgan fingerprint density at radius 3 is 2.64 bits per heavy atom. The molecule has 4 nitrogen and oxygen atoms in total. The van der Waals surface area contributed by atoms with Gasteiger partial charge in [-0.05, 0) is 30.7 Å². The standard InChI is InChI=1S/C16H18FN3OS/c1-9-7-10(5-6-11(9)17)13-12(8-21)20-15(18-13)22-14(19-20)16(2,3)4/h5-7,21H,8H2,1-4H3. The van der Waals surface area contributed by atoms with Gasteiger partial charge in [-0.15, -0.1) is 0 Å². The predicted molar refractivity (Wildman–Crippen MR) is 85.6 cm³/mol. The number of imidazole rings is 1. The largest absolute Gasteiger partial charge is 0.390 e. The highest BCUT2D eigenvalue weighted by Gasteiger charge is 2.23. The average Bonchev–Trinajstić information content (AvgIpc) is 2.98. The van der Waals surface area contributed by atoms with Crippen molar-refractivity contribution >= 4 is 16.3 Å². The number of halogens is 1. The van der Waals surface area contributed by atoms with Crippen molar-refractivity contribution in [2.45, 2.75) is 39.7 Å². The summed E-state index contributed by atoms with van der Waals surface area (Å²) in [7, 11) is 0. The number of aryl methyl sites for hydroxylation is 1. The highest BCUT2D eigenvalue weighted by Crippen LogP contribution is 2.32. The lowest BCUT2D eigenvalue weighted by molar-refractivity contribution is 0.274. The van der Waals surface area contributed by atoms with E-state index in [2.05, 4.69) is 30.9 Å². The summed E-state index contributed by atoms with van der Waals surface area (Å²) in [5.74, 6) is -0.247. The van der Waals surface area contributed by atoms with E-state index in [-0.39, 0.29) is 17.8 Å². The van der Waals surface area contributed by atoms with Gasteiger partial charge in [-0.2, -0.15) is 5.10 Å². The molecule has 0 radical (unpaired) electrons. The number of rotatable bonds is 2. The number of aliphatic hydroxyl groups excluding tert-OH is 1. The molecule has 0 aliphatic carbocycles. The zero-order valence-corrected chi connectivity index (χ0v) is 13.8. The van der Waals surface area contributed by atoms with E-state index in [4.69, 9.17) is 0 Å². The van der Waals surface area contributed by atoms with Gasteiger partial charge in [-0.1, -0.05) is 32.1 Å². The van der Waals surface area contributed by atoms with Crippen LogP contribution in [0.5, 0.6) is 0 Å². The van der Waals surface area contributed by atoms with Crippen molar-refractivity contribution < 1.29 is 9.50 Å². The van der Waals surface area contributed by atoms with Crippen molar-refractivity contribution in [2.75, 3.05) is 0 Å². The van der Waals surface area contributed by atoms with Crippen LogP contribution in [0.4, 0.5) is 4.39 Å². The summed E-state index contributed by atoms with van der Waals surface area (Å²) in [4.78, 5) is 5.34. The van der Waals surface area contributed by atoms with Crippen LogP contribution in [0, 0.1) is 12.7 Å². The van der Waals surface area contributed by atoms with E-state index in [0.29, 0.717) is 17.0 Å². The highest BCUT2D eigenvalue weighted by molar-refractivity contribution is 7.16. The average molecular weight is 319 g/mol. The number of hydrogen-bond acceptors (Lipinski definition) is 4. The smallest absolute Gasteiger partial charge is 0.213 e. The van der Waals surface area contributed by atoms with E-state index in [1.54, 1.807) is 23.6 Å². The molecule has 1 aromatic carbocycles. The van der Waals surface area contributed by atoms with Gasteiger partial charge in [0.2, 0.25) is 4.96 Å². The molecule has 1 N–H and O–H groups in total. The van der Waals surface area contributed by atoms with Gasteiger partial charge in [0, 0.05) is 11.0 Å². The van der Waals surface area contributed by atoms with Crippen LogP contribution < -0.4 is 0 Å². The first kappa shape index (κ1) is 15.1. The molecule has 0 saturated carbocycles. The minimum Gasteiger partial charge on any atom is -0.390 e. The monoisotopic (exact) mass is 319 g/mol. The first-order valence-corrected chi connectivity index (χ1v) is 7.89. The van der Waals surface area contributed by atoms with Crippen LogP contribution in [0.1, 0.15) is 37.0 Å². The van der Waals surface area contributed by atoms with Gasteiger partial charge >= 0.3 is 0 Å². The van der Waals surface area contributed by atoms with Crippen LogP contribution in [-0.2, 0) is 12.0 Å². The molecule has 2 aromatic heterocycles. The molecule has 3 rings (SSSR count). The topological polar surface area (TPSA) is 50.4 Å². The minimum absolute atomic E-state index is 0.0648. The molecule has 0 spiro atoms. The summed E-state index contributed by atoms with van der Waals surface area (Å²) in [6, 6.07) is 4.84. The van der Waals surface area contributed by atoms with E-state index >= 15 is 0 Å². The van der Waals surface area contributed by atoms with Crippen molar-refractivity contribution in [1.82, 2.24) is 14.6 Å². The number of benzene rings is 1. The van der Waals surface area contributed by atoms with Crippen LogP contribution in [0.25, 0.3) is 16.2 Å².